The van der Waals surface area contributed by atoms with Crippen molar-refractivity contribution in [2.45, 2.75) is 63.3 Å². The summed E-state index contributed by atoms with van der Waals surface area (Å²) in [6.07, 6.45) is 7.89. The Labute approximate surface area is 140 Å². The van der Waals surface area contributed by atoms with E-state index >= 15 is 0 Å². The molecule has 3 unspecified atom stereocenters. The van der Waals surface area contributed by atoms with E-state index in [0.717, 1.165) is 32.0 Å². The second-order valence-corrected chi connectivity index (χ2v) is 7.90. The van der Waals surface area contributed by atoms with Gasteiger partial charge in [0.25, 0.3) is 0 Å². The van der Waals surface area contributed by atoms with Crippen LogP contribution in [0.4, 0.5) is 0 Å². The van der Waals surface area contributed by atoms with Crippen molar-refractivity contribution in [2.24, 2.45) is 5.92 Å². The molecule has 0 spiro atoms. The van der Waals surface area contributed by atoms with Gasteiger partial charge in [0.15, 0.2) is 0 Å². The summed E-state index contributed by atoms with van der Waals surface area (Å²) < 4.78 is 0. The lowest BCUT2D eigenvalue weighted by atomic mass is 9.84. The first-order valence-electron chi connectivity index (χ1n) is 9.49. The summed E-state index contributed by atoms with van der Waals surface area (Å²) in [5, 5.41) is 10.5. The number of aliphatic hydroxyl groups is 1. The molecule has 3 heterocycles. The SMILES string of the molecule is OC1CC2CN(CC3CCCCC3)C1CN2Cc1ccccc1. The zero-order valence-electron chi connectivity index (χ0n) is 14.1. The van der Waals surface area contributed by atoms with Gasteiger partial charge in [0, 0.05) is 38.3 Å². The molecule has 126 valence electrons. The van der Waals surface area contributed by atoms with Crippen molar-refractivity contribution in [3.63, 3.8) is 0 Å². The number of aliphatic hydroxyl groups excluding tert-OH is 1. The van der Waals surface area contributed by atoms with E-state index in [0.29, 0.717) is 12.1 Å². The molecule has 3 heteroatoms. The van der Waals surface area contributed by atoms with Crippen LogP contribution in [0.5, 0.6) is 0 Å². The maximum Gasteiger partial charge on any atom is 0.0723 e. The van der Waals surface area contributed by atoms with Crippen LogP contribution in [0.3, 0.4) is 0 Å². The molecule has 0 radical (unpaired) electrons. The van der Waals surface area contributed by atoms with Crippen LogP contribution >= 0.6 is 0 Å². The number of hydrogen-bond acceptors (Lipinski definition) is 3. The number of hydrogen-bond donors (Lipinski definition) is 1. The van der Waals surface area contributed by atoms with E-state index in [1.165, 1.54) is 44.2 Å². The first-order chi connectivity index (χ1) is 11.3. The summed E-state index contributed by atoms with van der Waals surface area (Å²) in [5.74, 6) is 0.873. The van der Waals surface area contributed by atoms with Crippen LogP contribution in [0.1, 0.15) is 44.1 Å². The fourth-order valence-electron chi connectivity index (χ4n) is 4.97. The molecule has 1 aromatic carbocycles. The number of piperazine rings is 1. The van der Waals surface area contributed by atoms with Gasteiger partial charge in [0.2, 0.25) is 0 Å². The highest BCUT2D eigenvalue weighted by molar-refractivity contribution is 5.15. The predicted octanol–water partition coefficient (Wildman–Crippen LogP) is 2.89. The molecule has 3 saturated heterocycles. The van der Waals surface area contributed by atoms with E-state index in [1.54, 1.807) is 0 Å². The fourth-order valence-corrected chi connectivity index (χ4v) is 4.97. The molecule has 1 aliphatic carbocycles. The van der Waals surface area contributed by atoms with Crippen molar-refractivity contribution >= 4 is 0 Å². The molecule has 1 N–H and O–H groups in total. The molecule has 23 heavy (non-hydrogen) atoms. The Morgan fingerprint density at radius 3 is 2.48 bits per heavy atom. The number of piperidine rings is 2. The fraction of sp³-hybridized carbons (Fsp3) is 0.700. The minimum Gasteiger partial charge on any atom is -0.391 e. The molecule has 3 atom stereocenters. The number of rotatable bonds is 4. The van der Waals surface area contributed by atoms with Crippen LogP contribution in [0, 0.1) is 5.92 Å². The van der Waals surface area contributed by atoms with Gasteiger partial charge < -0.3 is 5.11 Å². The van der Waals surface area contributed by atoms with E-state index in [2.05, 4.69) is 40.1 Å². The summed E-state index contributed by atoms with van der Waals surface area (Å²) in [4.78, 5) is 5.22. The van der Waals surface area contributed by atoms with Crippen LogP contribution in [-0.4, -0.2) is 52.7 Å². The van der Waals surface area contributed by atoms with Gasteiger partial charge in [-0.1, -0.05) is 49.6 Å². The topological polar surface area (TPSA) is 26.7 Å². The maximum absolute atomic E-state index is 10.5. The van der Waals surface area contributed by atoms with Crippen molar-refractivity contribution in [3.05, 3.63) is 35.9 Å². The smallest absolute Gasteiger partial charge is 0.0723 e. The zero-order chi connectivity index (χ0) is 15.6. The van der Waals surface area contributed by atoms with E-state index in [1.807, 2.05) is 0 Å². The minimum atomic E-state index is -0.121. The highest BCUT2D eigenvalue weighted by Crippen LogP contribution is 2.33. The van der Waals surface area contributed by atoms with E-state index in [-0.39, 0.29) is 6.10 Å². The number of fused-ring (bicyclic) bond motifs is 3. The van der Waals surface area contributed by atoms with Crippen LogP contribution in [-0.2, 0) is 6.54 Å². The summed E-state index contributed by atoms with van der Waals surface area (Å²) >= 11 is 0. The van der Waals surface area contributed by atoms with E-state index in [9.17, 15) is 5.11 Å². The first kappa shape index (κ1) is 15.6. The lowest BCUT2D eigenvalue weighted by molar-refractivity contribution is -0.102. The third kappa shape index (κ3) is 3.47. The van der Waals surface area contributed by atoms with Gasteiger partial charge in [-0.05, 0) is 30.7 Å². The van der Waals surface area contributed by atoms with Gasteiger partial charge in [-0.2, -0.15) is 0 Å². The van der Waals surface area contributed by atoms with Gasteiger partial charge in [-0.3, -0.25) is 9.80 Å². The number of benzene rings is 1. The Balaban J connectivity index is 1.39. The van der Waals surface area contributed by atoms with Crippen LogP contribution < -0.4 is 0 Å². The third-order valence-corrected chi connectivity index (χ3v) is 6.26. The van der Waals surface area contributed by atoms with Crippen molar-refractivity contribution in [1.82, 2.24) is 9.80 Å². The molecule has 0 amide bonds. The van der Waals surface area contributed by atoms with Crippen molar-refractivity contribution < 1.29 is 5.11 Å². The monoisotopic (exact) mass is 314 g/mol. The van der Waals surface area contributed by atoms with Gasteiger partial charge in [0.05, 0.1) is 6.10 Å². The Morgan fingerprint density at radius 2 is 1.74 bits per heavy atom. The molecule has 3 aliphatic heterocycles. The normalized spacial score (nSPS) is 33.2. The van der Waals surface area contributed by atoms with Gasteiger partial charge in [-0.25, -0.2) is 0 Å². The molecule has 4 fully saturated rings. The molecule has 1 saturated carbocycles. The average molecular weight is 314 g/mol. The van der Waals surface area contributed by atoms with Crippen molar-refractivity contribution in [1.29, 1.82) is 0 Å². The Hall–Kier alpha value is -0.900. The summed E-state index contributed by atoms with van der Waals surface area (Å²) in [5.41, 5.74) is 1.40. The zero-order valence-corrected chi connectivity index (χ0v) is 14.1. The molecule has 5 rings (SSSR count). The lowest BCUT2D eigenvalue weighted by Gasteiger charge is -2.54. The summed E-state index contributed by atoms with van der Waals surface area (Å²) in [6, 6.07) is 11.7. The molecule has 4 aliphatic rings. The standard InChI is InChI=1S/C20H30N2O/c23-20-11-18-14-22(13-17-9-5-2-6-10-17)19(20)15-21(18)12-16-7-3-1-4-8-16/h1,3-4,7-8,17-20,23H,2,5-6,9-15H2. The third-order valence-electron chi connectivity index (χ3n) is 6.26. The second-order valence-electron chi connectivity index (χ2n) is 7.90. The Morgan fingerprint density at radius 1 is 0.957 bits per heavy atom. The molecule has 1 aromatic rings. The van der Waals surface area contributed by atoms with Crippen molar-refractivity contribution in [2.75, 3.05) is 19.6 Å². The highest BCUT2D eigenvalue weighted by atomic mass is 16.3. The van der Waals surface area contributed by atoms with Crippen LogP contribution in [0.2, 0.25) is 0 Å². The quantitative estimate of drug-likeness (QED) is 0.926. The summed E-state index contributed by atoms with van der Waals surface area (Å²) in [6.45, 7) is 4.45. The number of nitrogens with zero attached hydrogens (tertiary/aromatic N) is 2. The minimum absolute atomic E-state index is 0.121. The molecule has 0 aromatic heterocycles. The highest BCUT2D eigenvalue weighted by Gasteiger charge is 2.44. The van der Waals surface area contributed by atoms with Crippen molar-refractivity contribution in [3.8, 4) is 0 Å². The average Bonchev–Trinajstić information content (AvgIpc) is 2.58. The summed E-state index contributed by atoms with van der Waals surface area (Å²) in [7, 11) is 0. The van der Waals surface area contributed by atoms with Gasteiger partial charge >= 0.3 is 0 Å². The Bertz CT molecular complexity index is 500. The maximum atomic E-state index is 10.5. The predicted molar refractivity (Wildman–Crippen MR) is 93.2 cm³/mol. The van der Waals surface area contributed by atoms with Gasteiger partial charge in [-0.15, -0.1) is 0 Å². The molecule has 2 bridgehead atoms. The molecular weight excluding hydrogens is 284 g/mol. The van der Waals surface area contributed by atoms with Crippen LogP contribution in [0.25, 0.3) is 0 Å². The Kier molecular flexibility index (Phi) is 4.70. The second kappa shape index (κ2) is 6.92. The first-order valence-corrected chi connectivity index (χ1v) is 9.49. The van der Waals surface area contributed by atoms with E-state index < -0.39 is 0 Å². The van der Waals surface area contributed by atoms with Gasteiger partial charge in [0.1, 0.15) is 0 Å². The molecule has 3 nitrogen and oxygen atoms in total. The molecular formula is C20H30N2O. The van der Waals surface area contributed by atoms with E-state index in [4.69, 9.17) is 0 Å². The lowest BCUT2D eigenvalue weighted by Crippen LogP contribution is -2.68. The van der Waals surface area contributed by atoms with Crippen LogP contribution in [0.15, 0.2) is 30.3 Å². The largest absolute Gasteiger partial charge is 0.391 e.